The van der Waals surface area contributed by atoms with Gasteiger partial charge < -0.3 is 0 Å². The Hall–Kier alpha value is -1.55. The summed E-state index contributed by atoms with van der Waals surface area (Å²) in [5.74, 6) is 6.99. The lowest BCUT2D eigenvalue weighted by Gasteiger charge is -2.06. The first-order chi connectivity index (χ1) is 8.70. The Morgan fingerprint density at radius 3 is 2.72 bits per heavy atom. The third-order valence-electron chi connectivity index (χ3n) is 3.76. The summed E-state index contributed by atoms with van der Waals surface area (Å²) in [4.78, 5) is 11.9. The third kappa shape index (κ3) is 2.48. The van der Waals surface area contributed by atoms with Crippen molar-refractivity contribution in [2.75, 3.05) is 0 Å². The molecule has 0 N–H and O–H groups in total. The molecule has 1 saturated carbocycles. The number of benzene rings is 1. The molecule has 0 radical (unpaired) electrons. The molecule has 0 aliphatic heterocycles. The van der Waals surface area contributed by atoms with Crippen LogP contribution in [0.3, 0.4) is 0 Å². The Labute approximate surface area is 110 Å². The van der Waals surface area contributed by atoms with Crippen LogP contribution in [-0.4, -0.2) is 5.78 Å². The highest BCUT2D eigenvalue weighted by Gasteiger charge is 2.57. The first-order valence-corrected chi connectivity index (χ1v) is 6.76. The summed E-state index contributed by atoms with van der Waals surface area (Å²) in [5, 5.41) is 0. The van der Waals surface area contributed by atoms with E-state index in [2.05, 4.69) is 30.9 Å². The molecule has 0 unspecified atom stereocenters. The van der Waals surface area contributed by atoms with Crippen molar-refractivity contribution in [3.05, 3.63) is 35.9 Å². The summed E-state index contributed by atoms with van der Waals surface area (Å²) in [6, 6.07) is 10.3. The summed E-state index contributed by atoms with van der Waals surface area (Å²) in [6.07, 6.45) is 4.08. The fourth-order valence-corrected chi connectivity index (χ4v) is 2.45. The molecule has 1 aromatic rings. The molecule has 0 aromatic heterocycles. The molecule has 1 nitrogen and oxygen atoms in total. The standard InChI is InChI=1S/C17H20O/c1-3-4-5-9-12-17(14(2)18)13-16(17)15-10-7-6-8-11-15/h6-8,10-11,16H,3-5,13H2,1-2H3/t16-,17-/m0/s1. The van der Waals surface area contributed by atoms with Crippen molar-refractivity contribution >= 4 is 5.78 Å². The van der Waals surface area contributed by atoms with Gasteiger partial charge in [-0.15, -0.1) is 5.92 Å². The maximum Gasteiger partial charge on any atom is 0.148 e. The van der Waals surface area contributed by atoms with Crippen LogP contribution in [0, 0.1) is 17.3 Å². The third-order valence-corrected chi connectivity index (χ3v) is 3.76. The van der Waals surface area contributed by atoms with Gasteiger partial charge in [0.2, 0.25) is 0 Å². The molecule has 1 aliphatic carbocycles. The molecule has 2 rings (SSSR count). The molecule has 0 bridgehead atoms. The molecule has 1 heteroatoms. The fraction of sp³-hybridized carbons (Fsp3) is 0.471. The van der Waals surface area contributed by atoms with Crippen LogP contribution in [0.25, 0.3) is 0 Å². The maximum atomic E-state index is 11.9. The summed E-state index contributed by atoms with van der Waals surface area (Å²) < 4.78 is 0. The van der Waals surface area contributed by atoms with Gasteiger partial charge in [-0.3, -0.25) is 4.79 Å². The van der Waals surface area contributed by atoms with Gasteiger partial charge in [0.1, 0.15) is 5.78 Å². The van der Waals surface area contributed by atoms with Crippen LogP contribution < -0.4 is 0 Å². The number of hydrogen-bond acceptors (Lipinski definition) is 1. The predicted molar refractivity (Wildman–Crippen MR) is 74.2 cm³/mol. The smallest absolute Gasteiger partial charge is 0.148 e. The van der Waals surface area contributed by atoms with E-state index in [-0.39, 0.29) is 11.2 Å². The first-order valence-electron chi connectivity index (χ1n) is 6.76. The molecular weight excluding hydrogens is 220 g/mol. The van der Waals surface area contributed by atoms with Gasteiger partial charge >= 0.3 is 0 Å². The normalized spacial score (nSPS) is 25.1. The fourth-order valence-electron chi connectivity index (χ4n) is 2.45. The zero-order valence-electron chi connectivity index (χ0n) is 11.2. The molecule has 1 aliphatic rings. The molecule has 0 spiro atoms. The van der Waals surface area contributed by atoms with Gasteiger partial charge in [-0.2, -0.15) is 0 Å². The van der Waals surface area contributed by atoms with E-state index in [0.29, 0.717) is 5.92 Å². The van der Waals surface area contributed by atoms with E-state index < -0.39 is 0 Å². The molecule has 0 heterocycles. The molecular formula is C17H20O. The monoisotopic (exact) mass is 240 g/mol. The molecule has 94 valence electrons. The van der Waals surface area contributed by atoms with Gasteiger partial charge in [-0.1, -0.05) is 49.6 Å². The van der Waals surface area contributed by atoms with E-state index >= 15 is 0 Å². The maximum absolute atomic E-state index is 11.9. The van der Waals surface area contributed by atoms with E-state index in [0.717, 1.165) is 25.7 Å². The Kier molecular flexibility index (Phi) is 3.87. The second-order valence-corrected chi connectivity index (χ2v) is 5.10. The van der Waals surface area contributed by atoms with Gasteiger partial charge in [0.15, 0.2) is 0 Å². The van der Waals surface area contributed by atoms with Crippen LogP contribution in [0.15, 0.2) is 30.3 Å². The second kappa shape index (κ2) is 5.40. The highest BCUT2D eigenvalue weighted by atomic mass is 16.1. The highest BCUT2D eigenvalue weighted by Crippen LogP contribution is 2.59. The number of carbonyl (C=O) groups excluding carboxylic acids is 1. The van der Waals surface area contributed by atoms with Crippen molar-refractivity contribution in [1.82, 2.24) is 0 Å². The number of ketones is 1. The van der Waals surface area contributed by atoms with Crippen LogP contribution >= 0.6 is 0 Å². The van der Waals surface area contributed by atoms with Gasteiger partial charge in [-0.25, -0.2) is 0 Å². The summed E-state index contributed by atoms with van der Waals surface area (Å²) >= 11 is 0. The minimum absolute atomic E-state index is 0.223. The van der Waals surface area contributed by atoms with Crippen LogP contribution in [0.5, 0.6) is 0 Å². The van der Waals surface area contributed by atoms with Crippen molar-refractivity contribution in [3.63, 3.8) is 0 Å². The zero-order valence-corrected chi connectivity index (χ0v) is 11.2. The molecule has 18 heavy (non-hydrogen) atoms. The molecule has 1 fully saturated rings. The number of Topliss-reactive ketones (excluding diaryl/α,β-unsaturated/α-hetero) is 1. The number of carbonyl (C=O) groups is 1. The summed E-state index contributed by atoms with van der Waals surface area (Å²) in [6.45, 7) is 3.84. The van der Waals surface area contributed by atoms with Crippen LogP contribution in [0.1, 0.15) is 51.0 Å². The average molecular weight is 240 g/mol. The SMILES string of the molecule is CCCCC#C[C@@]1(C(C)=O)C[C@H]1c1ccccc1. The van der Waals surface area contributed by atoms with Gasteiger partial charge in [-0.05, 0) is 25.3 Å². The van der Waals surface area contributed by atoms with E-state index in [9.17, 15) is 4.79 Å². The predicted octanol–water partition coefficient (Wildman–Crippen LogP) is 3.94. The summed E-state index contributed by atoms with van der Waals surface area (Å²) in [5.41, 5.74) is 0.868. The van der Waals surface area contributed by atoms with E-state index in [4.69, 9.17) is 0 Å². The number of unbranched alkanes of at least 4 members (excludes halogenated alkanes) is 2. The largest absolute Gasteiger partial charge is 0.298 e. The first kappa shape index (κ1) is 12.9. The minimum Gasteiger partial charge on any atom is -0.298 e. The van der Waals surface area contributed by atoms with Crippen LogP contribution in [0.2, 0.25) is 0 Å². The Morgan fingerprint density at radius 1 is 1.39 bits per heavy atom. The van der Waals surface area contributed by atoms with Gasteiger partial charge in [0.25, 0.3) is 0 Å². The Balaban J connectivity index is 2.12. The average Bonchev–Trinajstić information content (AvgIpc) is 3.12. The Morgan fingerprint density at radius 2 is 2.11 bits per heavy atom. The zero-order chi connectivity index (χ0) is 13.0. The number of rotatable bonds is 4. The lowest BCUT2D eigenvalue weighted by Crippen LogP contribution is -2.12. The van der Waals surface area contributed by atoms with Crippen molar-refractivity contribution in [2.45, 2.75) is 45.4 Å². The van der Waals surface area contributed by atoms with Crippen molar-refractivity contribution in [3.8, 4) is 11.8 Å². The van der Waals surface area contributed by atoms with Gasteiger partial charge in [0, 0.05) is 12.3 Å². The number of hydrogen-bond donors (Lipinski definition) is 0. The quantitative estimate of drug-likeness (QED) is 0.575. The van der Waals surface area contributed by atoms with Crippen LogP contribution in [0.4, 0.5) is 0 Å². The topological polar surface area (TPSA) is 17.1 Å². The Bertz CT molecular complexity index is 477. The van der Waals surface area contributed by atoms with Crippen LogP contribution in [-0.2, 0) is 4.79 Å². The summed E-state index contributed by atoms with van der Waals surface area (Å²) in [7, 11) is 0. The molecule has 1 aromatic carbocycles. The van der Waals surface area contributed by atoms with Gasteiger partial charge in [0.05, 0.1) is 5.41 Å². The lowest BCUT2D eigenvalue weighted by atomic mass is 9.95. The lowest BCUT2D eigenvalue weighted by molar-refractivity contribution is -0.120. The molecule has 0 amide bonds. The minimum atomic E-state index is -0.380. The van der Waals surface area contributed by atoms with Crippen molar-refractivity contribution in [2.24, 2.45) is 5.41 Å². The highest BCUT2D eigenvalue weighted by molar-refractivity contribution is 5.90. The second-order valence-electron chi connectivity index (χ2n) is 5.10. The van der Waals surface area contributed by atoms with E-state index in [1.165, 1.54) is 5.56 Å². The molecule has 0 saturated heterocycles. The van der Waals surface area contributed by atoms with Crippen molar-refractivity contribution < 1.29 is 4.79 Å². The van der Waals surface area contributed by atoms with E-state index in [1.54, 1.807) is 6.92 Å². The molecule has 2 atom stereocenters. The van der Waals surface area contributed by atoms with E-state index in [1.807, 2.05) is 18.2 Å². The van der Waals surface area contributed by atoms with Crippen molar-refractivity contribution in [1.29, 1.82) is 0 Å².